The predicted molar refractivity (Wildman–Crippen MR) is 127 cm³/mol. The van der Waals surface area contributed by atoms with Gasteiger partial charge in [-0.15, -0.1) is 0 Å². The Morgan fingerprint density at radius 3 is 2.55 bits per heavy atom. The molecule has 0 saturated carbocycles. The first kappa shape index (κ1) is 19.5. The largest absolute Gasteiger partial charge is 0.384 e. The molecule has 154 valence electrons. The summed E-state index contributed by atoms with van der Waals surface area (Å²) in [5.74, 6) is 0.970. The van der Waals surface area contributed by atoms with Crippen molar-refractivity contribution in [2.45, 2.75) is 25.9 Å². The van der Waals surface area contributed by atoms with Crippen LogP contribution in [0.1, 0.15) is 34.8 Å². The maximum absolute atomic E-state index is 11.4. The summed E-state index contributed by atoms with van der Waals surface area (Å²) in [6, 6.07) is 28.9. The van der Waals surface area contributed by atoms with Crippen molar-refractivity contribution < 1.29 is 5.11 Å². The first-order chi connectivity index (χ1) is 15.2. The molecule has 0 fully saturated rings. The molecule has 3 heteroatoms. The van der Waals surface area contributed by atoms with Crippen LogP contribution in [0.25, 0.3) is 11.1 Å². The fourth-order valence-corrected chi connectivity index (χ4v) is 4.46. The highest BCUT2D eigenvalue weighted by molar-refractivity contribution is 5.70. The van der Waals surface area contributed by atoms with Gasteiger partial charge in [-0.3, -0.25) is 0 Å². The van der Waals surface area contributed by atoms with Crippen molar-refractivity contribution in [1.82, 2.24) is 4.98 Å². The Balaban J connectivity index is 1.55. The molecule has 1 unspecified atom stereocenters. The lowest BCUT2D eigenvalue weighted by molar-refractivity contribution is 0.221. The van der Waals surface area contributed by atoms with Crippen LogP contribution in [0.3, 0.4) is 0 Å². The number of nitrogens with zero attached hydrogens (tertiary/aromatic N) is 2. The Morgan fingerprint density at radius 2 is 1.71 bits per heavy atom. The molecule has 31 heavy (non-hydrogen) atoms. The molecule has 3 aromatic carbocycles. The lowest BCUT2D eigenvalue weighted by Crippen LogP contribution is -2.25. The van der Waals surface area contributed by atoms with Gasteiger partial charge in [0.1, 0.15) is 11.9 Å². The van der Waals surface area contributed by atoms with Crippen LogP contribution in [-0.2, 0) is 6.42 Å². The molecule has 5 rings (SSSR count). The van der Waals surface area contributed by atoms with Gasteiger partial charge in [-0.1, -0.05) is 66.7 Å². The van der Waals surface area contributed by atoms with Crippen LogP contribution in [0.5, 0.6) is 0 Å². The van der Waals surface area contributed by atoms with Gasteiger partial charge in [-0.05, 0) is 71.3 Å². The van der Waals surface area contributed by atoms with E-state index in [1.165, 1.54) is 11.1 Å². The van der Waals surface area contributed by atoms with Crippen LogP contribution in [0, 0.1) is 6.92 Å². The number of hydrogen-bond acceptors (Lipinski definition) is 3. The molecule has 0 saturated heterocycles. The SMILES string of the molecule is Cc1ccnc(N2CCCc3ccc(C(O)c4ccccc4-c4ccccc4)cc32)c1. The summed E-state index contributed by atoms with van der Waals surface area (Å²) in [7, 11) is 0. The minimum absolute atomic E-state index is 0.698. The third-order valence-electron chi connectivity index (χ3n) is 6.06. The average Bonchev–Trinajstić information content (AvgIpc) is 2.83. The third kappa shape index (κ3) is 3.85. The van der Waals surface area contributed by atoms with Crippen molar-refractivity contribution in [3.05, 3.63) is 113 Å². The van der Waals surface area contributed by atoms with Gasteiger partial charge in [0.15, 0.2) is 0 Å². The summed E-state index contributed by atoms with van der Waals surface area (Å²) in [4.78, 5) is 6.89. The standard InChI is InChI=1S/C28H26N2O/c1-20-15-16-29-27(18-20)30-17-7-10-22-13-14-23(19-26(22)30)28(31)25-12-6-5-11-24(25)21-8-3-2-4-9-21/h2-6,8-9,11-16,18-19,28,31H,7,10,17H2,1H3. The van der Waals surface area contributed by atoms with E-state index in [2.05, 4.69) is 59.3 Å². The highest BCUT2D eigenvalue weighted by Crippen LogP contribution is 2.37. The number of aliphatic hydroxyl groups is 1. The maximum Gasteiger partial charge on any atom is 0.133 e. The lowest BCUT2D eigenvalue weighted by Gasteiger charge is -2.31. The minimum Gasteiger partial charge on any atom is -0.384 e. The van der Waals surface area contributed by atoms with E-state index in [-0.39, 0.29) is 0 Å². The highest BCUT2D eigenvalue weighted by Gasteiger charge is 2.22. The maximum atomic E-state index is 11.4. The molecule has 0 aliphatic carbocycles. The van der Waals surface area contributed by atoms with Gasteiger partial charge in [-0.25, -0.2) is 4.98 Å². The summed E-state index contributed by atoms with van der Waals surface area (Å²) in [6.45, 7) is 3.03. The molecule has 2 heterocycles. The highest BCUT2D eigenvalue weighted by atomic mass is 16.3. The van der Waals surface area contributed by atoms with Gasteiger partial charge in [0.05, 0.1) is 0 Å². The summed E-state index contributed by atoms with van der Waals surface area (Å²) in [5.41, 5.74) is 7.66. The fourth-order valence-electron chi connectivity index (χ4n) is 4.46. The van der Waals surface area contributed by atoms with E-state index in [1.807, 2.05) is 48.7 Å². The van der Waals surface area contributed by atoms with Crippen molar-refractivity contribution in [3.8, 4) is 11.1 Å². The van der Waals surface area contributed by atoms with Gasteiger partial charge < -0.3 is 10.0 Å². The number of aryl methyl sites for hydroxylation is 2. The van der Waals surface area contributed by atoms with Crippen LogP contribution in [0.2, 0.25) is 0 Å². The number of benzene rings is 3. The van der Waals surface area contributed by atoms with Gasteiger partial charge in [0.2, 0.25) is 0 Å². The van der Waals surface area contributed by atoms with Crippen molar-refractivity contribution in [2.75, 3.05) is 11.4 Å². The molecule has 0 radical (unpaired) electrons. The Labute approximate surface area is 183 Å². The fraction of sp³-hybridized carbons (Fsp3) is 0.179. The molecule has 1 aromatic heterocycles. The van der Waals surface area contributed by atoms with E-state index < -0.39 is 6.10 Å². The average molecular weight is 407 g/mol. The number of fused-ring (bicyclic) bond motifs is 1. The second kappa shape index (κ2) is 8.37. The Morgan fingerprint density at radius 1 is 0.903 bits per heavy atom. The molecule has 1 N–H and O–H groups in total. The Bertz CT molecular complexity index is 1200. The molecule has 0 amide bonds. The zero-order chi connectivity index (χ0) is 21.2. The molecule has 0 spiro atoms. The number of aliphatic hydroxyl groups excluding tert-OH is 1. The van der Waals surface area contributed by atoms with Gasteiger partial charge in [-0.2, -0.15) is 0 Å². The van der Waals surface area contributed by atoms with Crippen LogP contribution in [0.15, 0.2) is 91.1 Å². The normalized spacial score (nSPS) is 14.2. The number of rotatable bonds is 4. The molecular formula is C28H26N2O. The van der Waals surface area contributed by atoms with Crippen molar-refractivity contribution >= 4 is 11.5 Å². The molecule has 1 atom stereocenters. The van der Waals surface area contributed by atoms with E-state index in [0.29, 0.717) is 0 Å². The summed E-state index contributed by atoms with van der Waals surface area (Å²) < 4.78 is 0. The van der Waals surface area contributed by atoms with E-state index >= 15 is 0 Å². The molecule has 0 bridgehead atoms. The van der Waals surface area contributed by atoms with Gasteiger partial charge in [0, 0.05) is 18.4 Å². The van der Waals surface area contributed by atoms with Crippen LogP contribution in [0.4, 0.5) is 11.5 Å². The van der Waals surface area contributed by atoms with Gasteiger partial charge in [0.25, 0.3) is 0 Å². The van der Waals surface area contributed by atoms with E-state index in [9.17, 15) is 5.11 Å². The topological polar surface area (TPSA) is 36.4 Å². The van der Waals surface area contributed by atoms with Crippen LogP contribution < -0.4 is 4.90 Å². The number of pyridine rings is 1. The second-order valence-corrected chi connectivity index (χ2v) is 8.19. The lowest BCUT2D eigenvalue weighted by atomic mass is 9.91. The first-order valence-electron chi connectivity index (χ1n) is 10.9. The summed E-state index contributed by atoms with van der Waals surface area (Å²) in [5, 5.41) is 11.4. The summed E-state index contributed by atoms with van der Waals surface area (Å²) >= 11 is 0. The zero-order valence-corrected chi connectivity index (χ0v) is 17.7. The zero-order valence-electron chi connectivity index (χ0n) is 17.7. The van der Waals surface area contributed by atoms with Crippen molar-refractivity contribution in [3.63, 3.8) is 0 Å². The van der Waals surface area contributed by atoms with Gasteiger partial charge >= 0.3 is 0 Å². The second-order valence-electron chi connectivity index (χ2n) is 8.19. The molecular weight excluding hydrogens is 380 g/mol. The third-order valence-corrected chi connectivity index (χ3v) is 6.06. The first-order valence-corrected chi connectivity index (χ1v) is 10.9. The Hall–Kier alpha value is -3.43. The minimum atomic E-state index is -0.698. The number of hydrogen-bond donors (Lipinski definition) is 1. The van der Waals surface area contributed by atoms with Crippen LogP contribution >= 0.6 is 0 Å². The van der Waals surface area contributed by atoms with E-state index in [0.717, 1.165) is 53.1 Å². The van der Waals surface area contributed by atoms with Crippen molar-refractivity contribution in [1.29, 1.82) is 0 Å². The Kier molecular flexibility index (Phi) is 5.27. The summed E-state index contributed by atoms with van der Waals surface area (Å²) in [6.07, 6.45) is 3.32. The van der Waals surface area contributed by atoms with E-state index in [1.54, 1.807) is 0 Å². The molecule has 3 nitrogen and oxygen atoms in total. The molecule has 1 aliphatic rings. The quantitative estimate of drug-likeness (QED) is 0.437. The number of anilines is 2. The van der Waals surface area contributed by atoms with E-state index in [4.69, 9.17) is 0 Å². The molecule has 1 aliphatic heterocycles. The predicted octanol–water partition coefficient (Wildman–Crippen LogP) is 6.22. The number of aromatic nitrogens is 1. The van der Waals surface area contributed by atoms with Crippen LogP contribution in [-0.4, -0.2) is 16.6 Å². The monoisotopic (exact) mass is 406 g/mol. The van der Waals surface area contributed by atoms with Crippen molar-refractivity contribution in [2.24, 2.45) is 0 Å². The molecule has 4 aromatic rings. The smallest absolute Gasteiger partial charge is 0.133 e.